The van der Waals surface area contributed by atoms with Crippen LogP contribution in [0.2, 0.25) is 0 Å². The van der Waals surface area contributed by atoms with Gasteiger partial charge < -0.3 is 9.84 Å². The fourth-order valence-corrected chi connectivity index (χ4v) is 2.05. The molecule has 1 fully saturated rings. The highest BCUT2D eigenvalue weighted by Gasteiger charge is 2.16. The second-order valence-electron chi connectivity index (χ2n) is 4.42. The number of ether oxygens (including phenoxy) is 1. The van der Waals surface area contributed by atoms with E-state index in [2.05, 4.69) is 11.8 Å². The summed E-state index contributed by atoms with van der Waals surface area (Å²) in [6.45, 7) is 5.56. The van der Waals surface area contributed by atoms with Crippen molar-refractivity contribution in [3.63, 3.8) is 0 Å². The van der Waals surface area contributed by atoms with Gasteiger partial charge in [0.25, 0.3) is 0 Å². The lowest BCUT2D eigenvalue weighted by Gasteiger charge is -2.31. The molecule has 0 spiro atoms. The third-order valence-electron chi connectivity index (χ3n) is 2.93. The van der Waals surface area contributed by atoms with Gasteiger partial charge in [0.15, 0.2) is 0 Å². The Morgan fingerprint density at radius 3 is 2.76 bits per heavy atom. The van der Waals surface area contributed by atoms with E-state index in [9.17, 15) is 4.79 Å². The third kappa shape index (κ3) is 3.28. The highest BCUT2D eigenvalue weighted by atomic mass is 16.5. The lowest BCUT2D eigenvalue weighted by molar-refractivity contribution is -0.0212. The molecule has 1 unspecified atom stereocenters. The number of carboxylic acid groups (broad SMARTS) is 1. The predicted octanol–water partition coefficient (Wildman–Crippen LogP) is 1.61. The molecule has 2 rings (SSSR count). The summed E-state index contributed by atoms with van der Waals surface area (Å²) in [4.78, 5) is 13.0. The number of morpholine rings is 1. The summed E-state index contributed by atoms with van der Waals surface area (Å²) >= 11 is 0. The van der Waals surface area contributed by atoms with Crippen LogP contribution in [0.25, 0.3) is 0 Å². The quantitative estimate of drug-likeness (QED) is 0.864. The van der Waals surface area contributed by atoms with E-state index >= 15 is 0 Å². The van der Waals surface area contributed by atoms with E-state index in [0.29, 0.717) is 5.56 Å². The molecule has 92 valence electrons. The molecule has 4 nitrogen and oxygen atoms in total. The van der Waals surface area contributed by atoms with Crippen LogP contribution in [0.4, 0.5) is 0 Å². The first kappa shape index (κ1) is 12.1. The SMILES string of the molecule is CC1CN(Cc2ccc(C(=O)O)cc2)CCO1. The second-order valence-corrected chi connectivity index (χ2v) is 4.42. The molecular weight excluding hydrogens is 218 g/mol. The number of nitrogens with zero attached hydrogens (tertiary/aromatic N) is 1. The largest absolute Gasteiger partial charge is 0.478 e. The van der Waals surface area contributed by atoms with E-state index in [4.69, 9.17) is 9.84 Å². The number of hydrogen-bond donors (Lipinski definition) is 1. The first-order valence-corrected chi connectivity index (χ1v) is 5.81. The molecule has 1 aliphatic rings. The summed E-state index contributed by atoms with van der Waals surface area (Å²) in [6.07, 6.45) is 0.280. The first-order valence-electron chi connectivity index (χ1n) is 5.81. The maximum Gasteiger partial charge on any atom is 0.335 e. The van der Waals surface area contributed by atoms with Crippen LogP contribution in [-0.4, -0.2) is 41.8 Å². The van der Waals surface area contributed by atoms with E-state index in [1.807, 2.05) is 12.1 Å². The number of rotatable bonds is 3. The van der Waals surface area contributed by atoms with Gasteiger partial charge in [-0.2, -0.15) is 0 Å². The molecule has 1 aromatic carbocycles. The Balaban J connectivity index is 1.96. The van der Waals surface area contributed by atoms with Crippen LogP contribution in [0.3, 0.4) is 0 Å². The zero-order valence-electron chi connectivity index (χ0n) is 9.93. The van der Waals surface area contributed by atoms with Gasteiger partial charge in [-0.15, -0.1) is 0 Å². The number of hydrogen-bond acceptors (Lipinski definition) is 3. The average Bonchev–Trinajstić information content (AvgIpc) is 2.29. The standard InChI is InChI=1S/C13H17NO3/c1-10-8-14(6-7-17-10)9-11-2-4-12(5-3-11)13(15)16/h2-5,10H,6-9H2,1H3,(H,15,16). The van der Waals surface area contributed by atoms with Crippen molar-refractivity contribution in [2.75, 3.05) is 19.7 Å². The highest BCUT2D eigenvalue weighted by molar-refractivity contribution is 5.87. The van der Waals surface area contributed by atoms with Crippen molar-refractivity contribution >= 4 is 5.97 Å². The Bertz CT molecular complexity index is 388. The van der Waals surface area contributed by atoms with Crippen LogP contribution >= 0.6 is 0 Å². The van der Waals surface area contributed by atoms with E-state index in [-0.39, 0.29) is 6.10 Å². The van der Waals surface area contributed by atoms with Gasteiger partial charge in [0.05, 0.1) is 18.3 Å². The number of carbonyl (C=O) groups is 1. The molecule has 1 aromatic rings. The molecular formula is C13H17NO3. The summed E-state index contributed by atoms with van der Waals surface area (Å²) < 4.78 is 5.48. The lowest BCUT2D eigenvalue weighted by Crippen LogP contribution is -2.40. The Morgan fingerprint density at radius 2 is 2.18 bits per heavy atom. The summed E-state index contributed by atoms with van der Waals surface area (Å²) in [7, 11) is 0. The van der Waals surface area contributed by atoms with Crippen molar-refractivity contribution in [2.24, 2.45) is 0 Å². The third-order valence-corrected chi connectivity index (χ3v) is 2.93. The summed E-state index contributed by atoms with van der Waals surface area (Å²) in [6, 6.07) is 7.07. The van der Waals surface area contributed by atoms with Crippen LogP contribution < -0.4 is 0 Å². The minimum Gasteiger partial charge on any atom is -0.478 e. The number of aromatic carboxylic acids is 1. The van der Waals surface area contributed by atoms with Crippen molar-refractivity contribution in [1.82, 2.24) is 4.90 Å². The van der Waals surface area contributed by atoms with E-state index < -0.39 is 5.97 Å². The van der Waals surface area contributed by atoms with Crippen LogP contribution in [0, 0.1) is 0 Å². The van der Waals surface area contributed by atoms with Gasteiger partial charge in [-0.3, -0.25) is 4.90 Å². The highest BCUT2D eigenvalue weighted by Crippen LogP contribution is 2.11. The average molecular weight is 235 g/mol. The molecule has 0 saturated carbocycles. The summed E-state index contributed by atoms with van der Waals surface area (Å²) in [5.74, 6) is -0.878. The zero-order valence-corrected chi connectivity index (χ0v) is 9.93. The Labute approximate surface area is 101 Å². The van der Waals surface area contributed by atoms with Crippen molar-refractivity contribution in [2.45, 2.75) is 19.6 Å². The normalized spacial score (nSPS) is 21.4. The fourth-order valence-electron chi connectivity index (χ4n) is 2.05. The molecule has 4 heteroatoms. The monoisotopic (exact) mass is 235 g/mol. The molecule has 1 atom stereocenters. The van der Waals surface area contributed by atoms with Crippen molar-refractivity contribution < 1.29 is 14.6 Å². The van der Waals surface area contributed by atoms with Gasteiger partial charge in [0.2, 0.25) is 0 Å². The maximum absolute atomic E-state index is 10.7. The van der Waals surface area contributed by atoms with Crippen molar-refractivity contribution in [3.8, 4) is 0 Å². The number of benzene rings is 1. The lowest BCUT2D eigenvalue weighted by atomic mass is 10.1. The zero-order chi connectivity index (χ0) is 12.3. The Kier molecular flexibility index (Phi) is 3.76. The summed E-state index contributed by atoms with van der Waals surface area (Å²) in [5.41, 5.74) is 1.48. The predicted molar refractivity (Wildman–Crippen MR) is 64.1 cm³/mol. The molecule has 17 heavy (non-hydrogen) atoms. The van der Waals surface area contributed by atoms with Gasteiger partial charge in [-0.05, 0) is 24.6 Å². The molecule has 1 saturated heterocycles. The Hall–Kier alpha value is -1.39. The topological polar surface area (TPSA) is 49.8 Å². The number of carboxylic acids is 1. The van der Waals surface area contributed by atoms with Gasteiger partial charge in [0.1, 0.15) is 0 Å². The van der Waals surface area contributed by atoms with Crippen LogP contribution in [-0.2, 0) is 11.3 Å². The van der Waals surface area contributed by atoms with Crippen LogP contribution in [0.1, 0.15) is 22.8 Å². The van der Waals surface area contributed by atoms with Gasteiger partial charge >= 0.3 is 5.97 Å². The molecule has 0 bridgehead atoms. The minimum atomic E-state index is -0.878. The molecule has 0 aromatic heterocycles. The van der Waals surface area contributed by atoms with E-state index in [1.165, 1.54) is 0 Å². The Morgan fingerprint density at radius 1 is 1.47 bits per heavy atom. The molecule has 0 radical (unpaired) electrons. The van der Waals surface area contributed by atoms with E-state index in [1.54, 1.807) is 12.1 Å². The van der Waals surface area contributed by atoms with Gasteiger partial charge in [0, 0.05) is 19.6 Å². The smallest absolute Gasteiger partial charge is 0.335 e. The summed E-state index contributed by atoms with van der Waals surface area (Å²) in [5, 5.41) is 8.80. The maximum atomic E-state index is 10.7. The van der Waals surface area contributed by atoms with Gasteiger partial charge in [-0.1, -0.05) is 12.1 Å². The van der Waals surface area contributed by atoms with Crippen LogP contribution in [0.5, 0.6) is 0 Å². The van der Waals surface area contributed by atoms with Gasteiger partial charge in [-0.25, -0.2) is 4.79 Å². The molecule has 0 amide bonds. The second kappa shape index (κ2) is 5.29. The van der Waals surface area contributed by atoms with Crippen molar-refractivity contribution in [1.29, 1.82) is 0 Å². The van der Waals surface area contributed by atoms with Crippen molar-refractivity contribution in [3.05, 3.63) is 35.4 Å². The fraction of sp³-hybridized carbons (Fsp3) is 0.462. The minimum absolute atomic E-state index is 0.280. The van der Waals surface area contributed by atoms with Crippen LogP contribution in [0.15, 0.2) is 24.3 Å². The molecule has 0 aliphatic carbocycles. The first-order chi connectivity index (χ1) is 8.15. The molecule has 1 N–H and O–H groups in total. The van der Waals surface area contributed by atoms with E-state index in [0.717, 1.165) is 31.8 Å². The molecule has 1 aliphatic heterocycles. The molecule has 1 heterocycles.